The number of imidazole rings is 1. The van der Waals surface area contributed by atoms with Gasteiger partial charge in [-0.15, -0.1) is 11.3 Å². The van der Waals surface area contributed by atoms with Crippen molar-refractivity contribution in [2.24, 2.45) is 5.73 Å². The van der Waals surface area contributed by atoms with Gasteiger partial charge in [-0.1, -0.05) is 24.3 Å². The van der Waals surface area contributed by atoms with Crippen LogP contribution in [0.2, 0.25) is 0 Å². The van der Waals surface area contributed by atoms with Crippen molar-refractivity contribution in [3.05, 3.63) is 47.6 Å². The van der Waals surface area contributed by atoms with Crippen LogP contribution in [-0.2, 0) is 6.42 Å². The largest absolute Gasteiger partial charge is 0.330 e. The van der Waals surface area contributed by atoms with Gasteiger partial charge in [0, 0.05) is 23.3 Å². The van der Waals surface area contributed by atoms with Gasteiger partial charge in [0.2, 0.25) is 0 Å². The summed E-state index contributed by atoms with van der Waals surface area (Å²) >= 11 is 1.65. The minimum absolute atomic E-state index is 0.694. The molecule has 0 fully saturated rings. The molecule has 0 unspecified atom stereocenters. The Morgan fingerprint density at radius 1 is 1.24 bits per heavy atom. The summed E-state index contributed by atoms with van der Waals surface area (Å²) in [5.74, 6) is 0. The molecule has 2 aromatic heterocycles. The summed E-state index contributed by atoms with van der Waals surface area (Å²) in [6.07, 6.45) is 5.02. The lowest BCUT2D eigenvalue weighted by molar-refractivity contribution is 0.969. The molecular weight excluding hydrogens is 230 g/mol. The number of aromatic nitrogens is 2. The summed E-state index contributed by atoms with van der Waals surface area (Å²) in [5.41, 5.74) is 8.99. The maximum Gasteiger partial charge on any atom is 0.194 e. The summed E-state index contributed by atoms with van der Waals surface area (Å²) in [4.78, 5) is 5.61. The van der Waals surface area contributed by atoms with Crippen molar-refractivity contribution in [3.8, 4) is 11.3 Å². The number of benzene rings is 1. The minimum Gasteiger partial charge on any atom is -0.330 e. The van der Waals surface area contributed by atoms with Crippen molar-refractivity contribution in [1.29, 1.82) is 0 Å². The van der Waals surface area contributed by atoms with E-state index in [4.69, 9.17) is 5.73 Å². The second kappa shape index (κ2) is 4.31. The number of nitrogens with two attached hydrogens (primary N) is 1. The smallest absolute Gasteiger partial charge is 0.194 e. The van der Waals surface area contributed by atoms with E-state index >= 15 is 0 Å². The topological polar surface area (TPSA) is 43.3 Å². The first-order valence-corrected chi connectivity index (χ1v) is 6.46. The van der Waals surface area contributed by atoms with Crippen LogP contribution in [0.5, 0.6) is 0 Å². The first-order valence-electron chi connectivity index (χ1n) is 5.58. The Hall–Kier alpha value is -1.65. The van der Waals surface area contributed by atoms with Gasteiger partial charge in [-0.3, -0.25) is 4.40 Å². The highest BCUT2D eigenvalue weighted by molar-refractivity contribution is 7.15. The van der Waals surface area contributed by atoms with Gasteiger partial charge < -0.3 is 5.73 Å². The van der Waals surface area contributed by atoms with Gasteiger partial charge in [-0.2, -0.15) is 0 Å². The highest BCUT2D eigenvalue weighted by Gasteiger charge is 2.04. The van der Waals surface area contributed by atoms with E-state index < -0.39 is 0 Å². The predicted octanol–water partition coefficient (Wildman–Crippen LogP) is 2.56. The first-order chi connectivity index (χ1) is 8.36. The van der Waals surface area contributed by atoms with E-state index in [-0.39, 0.29) is 0 Å². The molecule has 3 nitrogen and oxygen atoms in total. The van der Waals surface area contributed by atoms with Gasteiger partial charge in [0.1, 0.15) is 0 Å². The normalized spacial score (nSPS) is 11.1. The van der Waals surface area contributed by atoms with Crippen molar-refractivity contribution in [2.75, 3.05) is 6.54 Å². The van der Waals surface area contributed by atoms with Crippen LogP contribution in [0.25, 0.3) is 16.2 Å². The van der Waals surface area contributed by atoms with Crippen LogP contribution in [0.1, 0.15) is 5.56 Å². The second-order valence-corrected chi connectivity index (χ2v) is 4.83. The summed E-state index contributed by atoms with van der Waals surface area (Å²) in [7, 11) is 0. The molecule has 2 heterocycles. The van der Waals surface area contributed by atoms with Crippen LogP contribution in [-0.4, -0.2) is 15.9 Å². The van der Waals surface area contributed by atoms with E-state index in [9.17, 15) is 0 Å². The van der Waals surface area contributed by atoms with Crippen LogP contribution in [0.15, 0.2) is 42.0 Å². The van der Waals surface area contributed by atoms with Crippen LogP contribution in [0, 0.1) is 0 Å². The van der Waals surface area contributed by atoms with Gasteiger partial charge >= 0.3 is 0 Å². The highest BCUT2D eigenvalue weighted by atomic mass is 32.1. The van der Waals surface area contributed by atoms with Gasteiger partial charge in [0.05, 0.1) is 5.69 Å². The number of fused-ring (bicyclic) bond motifs is 1. The SMILES string of the molecule is NCCc1ccc(-c2cn3ccsc3n2)cc1. The van der Waals surface area contributed by atoms with Crippen molar-refractivity contribution in [1.82, 2.24) is 9.38 Å². The Balaban J connectivity index is 1.95. The Morgan fingerprint density at radius 2 is 2.06 bits per heavy atom. The molecule has 0 saturated carbocycles. The Bertz CT molecular complexity index is 593. The Kier molecular flexibility index (Phi) is 2.66. The van der Waals surface area contributed by atoms with E-state index in [1.807, 2.05) is 16.0 Å². The van der Waals surface area contributed by atoms with E-state index in [0.717, 1.165) is 22.6 Å². The lowest BCUT2D eigenvalue weighted by Gasteiger charge is -2.00. The average molecular weight is 243 g/mol. The van der Waals surface area contributed by atoms with Crippen molar-refractivity contribution in [2.45, 2.75) is 6.42 Å². The zero-order valence-corrected chi connectivity index (χ0v) is 10.2. The third kappa shape index (κ3) is 1.97. The number of hydrogen-bond donors (Lipinski definition) is 1. The molecule has 3 rings (SSSR count). The first kappa shape index (κ1) is 10.5. The predicted molar refractivity (Wildman–Crippen MR) is 71.3 cm³/mol. The molecule has 86 valence electrons. The third-order valence-electron chi connectivity index (χ3n) is 2.78. The minimum atomic E-state index is 0.694. The molecule has 3 aromatic rings. The second-order valence-electron chi connectivity index (χ2n) is 3.95. The number of hydrogen-bond acceptors (Lipinski definition) is 3. The maximum atomic E-state index is 5.53. The zero-order chi connectivity index (χ0) is 11.7. The molecule has 0 radical (unpaired) electrons. The quantitative estimate of drug-likeness (QED) is 0.768. The molecule has 0 atom stereocenters. The molecule has 4 heteroatoms. The maximum absolute atomic E-state index is 5.53. The lowest BCUT2D eigenvalue weighted by atomic mass is 10.1. The highest BCUT2D eigenvalue weighted by Crippen LogP contribution is 2.21. The van der Waals surface area contributed by atoms with E-state index in [2.05, 4.69) is 35.4 Å². The fourth-order valence-corrected chi connectivity index (χ4v) is 2.58. The molecule has 17 heavy (non-hydrogen) atoms. The van der Waals surface area contributed by atoms with Gasteiger partial charge in [0.25, 0.3) is 0 Å². The summed E-state index contributed by atoms with van der Waals surface area (Å²) in [6, 6.07) is 8.46. The zero-order valence-electron chi connectivity index (χ0n) is 9.34. The molecular formula is C13H13N3S. The van der Waals surface area contributed by atoms with Gasteiger partial charge in [0.15, 0.2) is 4.96 Å². The van der Waals surface area contributed by atoms with Crippen molar-refractivity contribution in [3.63, 3.8) is 0 Å². The van der Waals surface area contributed by atoms with E-state index in [1.165, 1.54) is 5.56 Å². The van der Waals surface area contributed by atoms with Crippen LogP contribution in [0.3, 0.4) is 0 Å². The molecule has 0 spiro atoms. The number of thiazole rings is 1. The molecule has 1 aromatic carbocycles. The lowest BCUT2D eigenvalue weighted by Crippen LogP contribution is -2.02. The molecule has 0 aliphatic carbocycles. The third-order valence-corrected chi connectivity index (χ3v) is 3.55. The molecule has 0 amide bonds. The standard InChI is InChI=1S/C13H13N3S/c14-6-5-10-1-3-11(4-2-10)12-9-16-7-8-17-13(16)15-12/h1-4,7-9H,5-6,14H2. The molecule has 0 aliphatic heterocycles. The van der Waals surface area contributed by atoms with Crippen LogP contribution >= 0.6 is 11.3 Å². The van der Waals surface area contributed by atoms with Crippen molar-refractivity contribution < 1.29 is 0 Å². The van der Waals surface area contributed by atoms with Crippen molar-refractivity contribution >= 4 is 16.3 Å². The van der Waals surface area contributed by atoms with Crippen LogP contribution < -0.4 is 5.73 Å². The summed E-state index contributed by atoms with van der Waals surface area (Å²) < 4.78 is 2.05. The van der Waals surface area contributed by atoms with Gasteiger partial charge in [-0.05, 0) is 18.5 Å². The van der Waals surface area contributed by atoms with Gasteiger partial charge in [-0.25, -0.2) is 4.98 Å². The number of rotatable bonds is 3. The molecule has 2 N–H and O–H groups in total. The summed E-state index contributed by atoms with van der Waals surface area (Å²) in [6.45, 7) is 0.694. The molecule has 0 bridgehead atoms. The fraction of sp³-hybridized carbons (Fsp3) is 0.154. The average Bonchev–Trinajstić information content (AvgIpc) is 2.90. The fourth-order valence-electron chi connectivity index (χ4n) is 1.88. The van der Waals surface area contributed by atoms with E-state index in [1.54, 1.807) is 11.3 Å². The molecule has 0 saturated heterocycles. The summed E-state index contributed by atoms with van der Waals surface area (Å²) in [5, 5.41) is 2.04. The van der Waals surface area contributed by atoms with Crippen LogP contribution in [0.4, 0.5) is 0 Å². The monoisotopic (exact) mass is 243 g/mol. The van der Waals surface area contributed by atoms with E-state index in [0.29, 0.717) is 6.54 Å². The Labute approximate surface area is 104 Å². The number of nitrogens with zero attached hydrogens (tertiary/aromatic N) is 2. The Morgan fingerprint density at radius 3 is 2.76 bits per heavy atom. The molecule has 0 aliphatic rings.